The molecule has 9 nitrogen and oxygen atoms in total. The van der Waals surface area contributed by atoms with E-state index in [0.717, 1.165) is 16.6 Å². The minimum atomic E-state index is -0.248. The van der Waals surface area contributed by atoms with Crippen molar-refractivity contribution >= 4 is 45.7 Å². The SMILES string of the molecule is Cc1ccc(C(=O)Nc2cccc(Cl)c2)cc1Nc1nc(-c2cncnc2)nc2nn(C)cc12. The number of carbonyl (C=O) groups excluding carboxylic acids is 1. The first-order valence-corrected chi connectivity index (χ1v) is 10.8. The van der Waals surface area contributed by atoms with Crippen LogP contribution < -0.4 is 10.6 Å². The molecular formula is C24H19ClN8O. The molecule has 0 atom stereocenters. The molecule has 0 unspecified atom stereocenters. The quantitative estimate of drug-likeness (QED) is 0.380. The van der Waals surface area contributed by atoms with Crippen molar-refractivity contribution in [1.29, 1.82) is 0 Å². The molecule has 0 aliphatic carbocycles. The fourth-order valence-electron chi connectivity index (χ4n) is 3.45. The van der Waals surface area contributed by atoms with E-state index in [9.17, 15) is 4.79 Å². The number of carbonyl (C=O) groups is 1. The molecule has 1 amide bonds. The Labute approximate surface area is 199 Å². The van der Waals surface area contributed by atoms with Gasteiger partial charge in [-0.2, -0.15) is 5.10 Å². The molecule has 2 aromatic carbocycles. The molecule has 3 aromatic heterocycles. The fraction of sp³-hybridized carbons (Fsp3) is 0.0833. The minimum absolute atomic E-state index is 0.248. The lowest BCUT2D eigenvalue weighted by molar-refractivity contribution is 0.102. The highest BCUT2D eigenvalue weighted by Crippen LogP contribution is 2.28. The molecule has 3 heterocycles. The second-order valence-electron chi connectivity index (χ2n) is 7.68. The molecule has 0 radical (unpaired) electrons. The second kappa shape index (κ2) is 8.87. The lowest BCUT2D eigenvalue weighted by Crippen LogP contribution is -2.12. The summed E-state index contributed by atoms with van der Waals surface area (Å²) in [6.07, 6.45) is 6.58. The third-order valence-electron chi connectivity index (χ3n) is 5.15. The van der Waals surface area contributed by atoms with Crippen molar-refractivity contribution in [3.8, 4) is 11.4 Å². The predicted molar refractivity (Wildman–Crippen MR) is 131 cm³/mol. The maximum absolute atomic E-state index is 12.9. The van der Waals surface area contributed by atoms with E-state index in [-0.39, 0.29) is 5.91 Å². The molecule has 0 saturated heterocycles. The zero-order chi connectivity index (χ0) is 23.7. The van der Waals surface area contributed by atoms with Gasteiger partial charge in [-0.05, 0) is 42.8 Å². The average Bonchev–Trinajstić information content (AvgIpc) is 3.21. The van der Waals surface area contributed by atoms with E-state index in [1.807, 2.05) is 26.2 Å². The number of hydrogen-bond donors (Lipinski definition) is 2. The van der Waals surface area contributed by atoms with Crippen LogP contribution in [0.15, 0.2) is 67.4 Å². The third kappa shape index (κ3) is 4.41. The van der Waals surface area contributed by atoms with Crippen LogP contribution in [0.25, 0.3) is 22.4 Å². The summed E-state index contributed by atoms with van der Waals surface area (Å²) in [5.74, 6) is 0.760. The van der Waals surface area contributed by atoms with E-state index in [0.29, 0.717) is 39.1 Å². The molecule has 168 valence electrons. The number of hydrogen-bond acceptors (Lipinski definition) is 7. The maximum Gasteiger partial charge on any atom is 0.255 e. The highest BCUT2D eigenvalue weighted by Gasteiger charge is 2.15. The standard InChI is InChI=1S/C24H19ClN8O/c1-14-6-7-15(24(34)28-18-5-3-4-17(25)9-18)8-20(14)29-22-19-12-33(2)32-23(19)31-21(30-22)16-10-26-13-27-11-16/h3-13H,1-2H3,(H,28,34)(H,29,30,31,32). The first kappa shape index (κ1) is 21.5. The molecular weight excluding hydrogens is 452 g/mol. The summed E-state index contributed by atoms with van der Waals surface area (Å²) in [4.78, 5) is 30.2. The lowest BCUT2D eigenvalue weighted by atomic mass is 10.1. The molecule has 34 heavy (non-hydrogen) atoms. The summed E-state index contributed by atoms with van der Waals surface area (Å²) in [5, 5.41) is 12.0. The van der Waals surface area contributed by atoms with Crippen LogP contribution in [0.2, 0.25) is 5.02 Å². The summed E-state index contributed by atoms with van der Waals surface area (Å²) in [5.41, 5.74) is 3.99. The third-order valence-corrected chi connectivity index (χ3v) is 5.38. The van der Waals surface area contributed by atoms with Crippen LogP contribution in [0.5, 0.6) is 0 Å². The number of rotatable bonds is 5. The zero-order valence-corrected chi connectivity index (χ0v) is 19.1. The minimum Gasteiger partial charge on any atom is -0.339 e. The molecule has 0 aliphatic rings. The van der Waals surface area contributed by atoms with Gasteiger partial charge in [-0.15, -0.1) is 0 Å². The van der Waals surface area contributed by atoms with Crippen molar-refractivity contribution in [2.24, 2.45) is 7.05 Å². The first-order chi connectivity index (χ1) is 16.5. The van der Waals surface area contributed by atoms with Crippen LogP contribution in [0.4, 0.5) is 17.2 Å². The number of nitrogens with zero attached hydrogens (tertiary/aromatic N) is 6. The number of aromatic nitrogens is 6. The Morgan fingerprint density at radius 1 is 1.06 bits per heavy atom. The van der Waals surface area contributed by atoms with Crippen molar-refractivity contribution in [2.45, 2.75) is 6.92 Å². The zero-order valence-electron chi connectivity index (χ0n) is 18.3. The van der Waals surface area contributed by atoms with Gasteiger partial charge in [-0.3, -0.25) is 9.48 Å². The van der Waals surface area contributed by atoms with Gasteiger partial charge in [0.15, 0.2) is 11.5 Å². The van der Waals surface area contributed by atoms with Crippen LogP contribution in [-0.4, -0.2) is 35.6 Å². The summed E-state index contributed by atoms with van der Waals surface area (Å²) in [7, 11) is 1.82. The first-order valence-electron chi connectivity index (χ1n) is 10.4. The normalized spacial score (nSPS) is 10.9. The summed E-state index contributed by atoms with van der Waals surface area (Å²) >= 11 is 6.03. The van der Waals surface area contributed by atoms with Gasteiger partial charge in [0.2, 0.25) is 0 Å². The lowest BCUT2D eigenvalue weighted by Gasteiger charge is -2.13. The van der Waals surface area contributed by atoms with Crippen LogP contribution in [0, 0.1) is 6.92 Å². The van der Waals surface area contributed by atoms with Crippen LogP contribution >= 0.6 is 11.6 Å². The smallest absolute Gasteiger partial charge is 0.255 e. The summed E-state index contributed by atoms with van der Waals surface area (Å²) in [6, 6.07) is 12.4. The molecule has 2 N–H and O–H groups in total. The second-order valence-corrected chi connectivity index (χ2v) is 8.12. The number of anilines is 3. The Morgan fingerprint density at radius 3 is 2.68 bits per heavy atom. The number of benzene rings is 2. The molecule has 0 bridgehead atoms. The Bertz CT molecular complexity index is 1520. The van der Waals surface area contributed by atoms with Gasteiger partial charge >= 0.3 is 0 Å². The van der Waals surface area contributed by atoms with Crippen molar-refractivity contribution in [2.75, 3.05) is 10.6 Å². The van der Waals surface area contributed by atoms with Gasteiger partial charge in [0.25, 0.3) is 5.91 Å². The summed E-state index contributed by atoms with van der Waals surface area (Å²) in [6.45, 7) is 1.95. The Morgan fingerprint density at radius 2 is 1.88 bits per heavy atom. The van der Waals surface area contributed by atoms with Gasteiger partial charge in [0, 0.05) is 47.6 Å². The molecule has 10 heteroatoms. The molecule has 5 rings (SSSR count). The van der Waals surface area contributed by atoms with Gasteiger partial charge in [-0.1, -0.05) is 23.7 Å². The van der Waals surface area contributed by atoms with E-state index >= 15 is 0 Å². The summed E-state index contributed by atoms with van der Waals surface area (Å²) < 4.78 is 1.68. The highest BCUT2D eigenvalue weighted by molar-refractivity contribution is 6.31. The maximum atomic E-state index is 12.9. The van der Waals surface area contributed by atoms with Gasteiger partial charge in [-0.25, -0.2) is 19.9 Å². The van der Waals surface area contributed by atoms with Gasteiger partial charge in [0.05, 0.1) is 10.9 Å². The van der Waals surface area contributed by atoms with Crippen LogP contribution in [-0.2, 0) is 7.05 Å². The van der Waals surface area contributed by atoms with E-state index in [1.165, 1.54) is 6.33 Å². The van der Waals surface area contributed by atoms with E-state index in [2.05, 4.69) is 30.7 Å². The average molecular weight is 471 g/mol. The van der Waals surface area contributed by atoms with Crippen molar-refractivity contribution in [3.63, 3.8) is 0 Å². The largest absolute Gasteiger partial charge is 0.339 e. The molecule has 0 spiro atoms. The monoisotopic (exact) mass is 470 g/mol. The number of nitrogens with one attached hydrogen (secondary N) is 2. The number of aryl methyl sites for hydroxylation is 2. The fourth-order valence-corrected chi connectivity index (χ4v) is 3.64. The van der Waals surface area contributed by atoms with Crippen LogP contribution in [0.1, 0.15) is 15.9 Å². The van der Waals surface area contributed by atoms with Crippen molar-refractivity contribution in [3.05, 3.63) is 83.5 Å². The highest BCUT2D eigenvalue weighted by atomic mass is 35.5. The molecule has 0 fully saturated rings. The topological polar surface area (TPSA) is 111 Å². The molecule has 0 aliphatic heterocycles. The van der Waals surface area contributed by atoms with Gasteiger partial charge in [0.1, 0.15) is 12.1 Å². The number of fused-ring (bicyclic) bond motifs is 1. The Hall–Kier alpha value is -4.37. The van der Waals surface area contributed by atoms with Crippen molar-refractivity contribution < 1.29 is 4.79 Å². The van der Waals surface area contributed by atoms with E-state index in [1.54, 1.807) is 53.5 Å². The van der Waals surface area contributed by atoms with Gasteiger partial charge < -0.3 is 10.6 Å². The molecule has 5 aromatic rings. The van der Waals surface area contributed by atoms with Crippen molar-refractivity contribution in [1.82, 2.24) is 29.7 Å². The predicted octanol–water partition coefficient (Wildman–Crippen LogP) is 4.78. The van der Waals surface area contributed by atoms with E-state index < -0.39 is 0 Å². The van der Waals surface area contributed by atoms with Crippen LogP contribution in [0.3, 0.4) is 0 Å². The number of amides is 1. The Kier molecular flexibility index (Phi) is 5.60. The number of halogens is 1. The Balaban J connectivity index is 1.50. The van der Waals surface area contributed by atoms with E-state index in [4.69, 9.17) is 16.6 Å². The molecule has 0 saturated carbocycles.